The van der Waals surface area contributed by atoms with Gasteiger partial charge in [0.25, 0.3) is 0 Å². The zero-order chi connectivity index (χ0) is 10.8. The van der Waals surface area contributed by atoms with Gasteiger partial charge in [0.2, 0.25) is 0 Å². The molecule has 15 heavy (non-hydrogen) atoms. The molecule has 0 aliphatic heterocycles. The van der Waals surface area contributed by atoms with Crippen LogP contribution in [0.3, 0.4) is 0 Å². The van der Waals surface area contributed by atoms with Crippen LogP contribution in [0.15, 0.2) is 18.2 Å². The minimum absolute atomic E-state index is 0.114. The highest BCUT2D eigenvalue weighted by Gasteiger charge is 2.07. The third-order valence-corrected chi connectivity index (χ3v) is 2.27. The van der Waals surface area contributed by atoms with Crippen molar-refractivity contribution in [3.63, 3.8) is 0 Å². The Hall–Kier alpha value is -1.84. The van der Waals surface area contributed by atoms with Crippen LogP contribution in [-0.4, -0.2) is 23.1 Å². The number of methoxy groups -OCH3 is 1. The van der Waals surface area contributed by atoms with Gasteiger partial charge in [-0.15, -0.1) is 0 Å². The van der Waals surface area contributed by atoms with Crippen molar-refractivity contribution in [2.75, 3.05) is 7.11 Å². The average molecular weight is 204 g/mol. The lowest BCUT2D eigenvalue weighted by molar-refractivity contribution is -0.116. The number of rotatable bonds is 3. The van der Waals surface area contributed by atoms with Gasteiger partial charge in [0.15, 0.2) is 0 Å². The first-order chi connectivity index (χ1) is 7.20. The molecular weight excluding hydrogens is 192 g/mol. The SMILES string of the molecule is COc1ccc2n[nH]c(CC(C)=O)c2c1. The predicted molar refractivity (Wildman–Crippen MR) is 57.0 cm³/mol. The van der Waals surface area contributed by atoms with E-state index in [1.807, 2.05) is 18.2 Å². The Morgan fingerprint density at radius 1 is 1.53 bits per heavy atom. The van der Waals surface area contributed by atoms with Gasteiger partial charge < -0.3 is 4.74 Å². The zero-order valence-electron chi connectivity index (χ0n) is 8.70. The third-order valence-electron chi connectivity index (χ3n) is 2.27. The van der Waals surface area contributed by atoms with Crippen molar-refractivity contribution < 1.29 is 9.53 Å². The molecule has 4 heteroatoms. The largest absolute Gasteiger partial charge is 0.497 e. The number of Topliss-reactive ketones (excluding diaryl/α,β-unsaturated/α-hetero) is 1. The lowest BCUT2D eigenvalue weighted by atomic mass is 10.1. The number of aromatic amines is 1. The average Bonchev–Trinajstić information content (AvgIpc) is 2.60. The van der Waals surface area contributed by atoms with Gasteiger partial charge >= 0.3 is 0 Å². The molecule has 0 aliphatic rings. The molecule has 0 atom stereocenters. The van der Waals surface area contributed by atoms with Gasteiger partial charge in [-0.25, -0.2) is 0 Å². The lowest BCUT2D eigenvalue weighted by Crippen LogP contribution is -1.96. The number of fused-ring (bicyclic) bond motifs is 1. The maximum atomic E-state index is 11.0. The standard InChI is InChI=1S/C11H12N2O2/c1-7(14)5-11-9-6-8(15-2)3-4-10(9)12-13-11/h3-4,6H,5H2,1-2H3,(H,12,13). The molecule has 2 rings (SSSR count). The molecule has 0 fully saturated rings. The van der Waals surface area contributed by atoms with Crippen LogP contribution in [0.25, 0.3) is 10.9 Å². The van der Waals surface area contributed by atoms with Gasteiger partial charge in [-0.05, 0) is 25.1 Å². The number of hydrogen-bond donors (Lipinski definition) is 1. The number of benzene rings is 1. The van der Waals surface area contributed by atoms with E-state index >= 15 is 0 Å². The molecule has 2 aromatic rings. The Balaban J connectivity index is 2.51. The summed E-state index contributed by atoms with van der Waals surface area (Å²) in [5.74, 6) is 0.886. The van der Waals surface area contributed by atoms with Crippen molar-refractivity contribution in [3.05, 3.63) is 23.9 Å². The van der Waals surface area contributed by atoms with Gasteiger partial charge in [-0.1, -0.05) is 0 Å². The van der Waals surface area contributed by atoms with E-state index in [2.05, 4.69) is 10.2 Å². The third kappa shape index (κ3) is 1.83. The van der Waals surface area contributed by atoms with Crippen molar-refractivity contribution in [3.8, 4) is 5.75 Å². The van der Waals surface area contributed by atoms with Crippen molar-refractivity contribution >= 4 is 16.7 Å². The van der Waals surface area contributed by atoms with Crippen LogP contribution in [0.1, 0.15) is 12.6 Å². The summed E-state index contributed by atoms with van der Waals surface area (Å²) in [7, 11) is 1.62. The summed E-state index contributed by atoms with van der Waals surface area (Å²) in [6.07, 6.45) is 0.379. The molecule has 1 aromatic carbocycles. The van der Waals surface area contributed by atoms with Crippen LogP contribution in [0.5, 0.6) is 5.75 Å². The smallest absolute Gasteiger partial charge is 0.135 e. The van der Waals surface area contributed by atoms with Gasteiger partial charge in [-0.3, -0.25) is 9.89 Å². The van der Waals surface area contributed by atoms with E-state index in [1.165, 1.54) is 0 Å². The molecule has 0 bridgehead atoms. The zero-order valence-corrected chi connectivity index (χ0v) is 8.70. The normalized spacial score (nSPS) is 10.5. The Labute approximate surface area is 87.2 Å². The molecule has 1 aromatic heterocycles. The molecule has 0 spiro atoms. The monoisotopic (exact) mass is 204 g/mol. The number of aromatic nitrogens is 2. The number of nitrogens with zero attached hydrogens (tertiary/aromatic N) is 1. The van der Waals surface area contributed by atoms with Crippen LogP contribution in [0.4, 0.5) is 0 Å². The second-order valence-corrected chi connectivity index (χ2v) is 3.46. The molecule has 0 saturated heterocycles. The van der Waals surface area contributed by atoms with Crippen molar-refractivity contribution in [1.82, 2.24) is 10.2 Å². The van der Waals surface area contributed by atoms with E-state index < -0.39 is 0 Å². The van der Waals surface area contributed by atoms with E-state index in [4.69, 9.17) is 4.74 Å². The Morgan fingerprint density at radius 2 is 2.33 bits per heavy atom. The summed E-state index contributed by atoms with van der Waals surface area (Å²) in [5.41, 5.74) is 1.70. The van der Waals surface area contributed by atoms with Crippen LogP contribution < -0.4 is 4.74 Å². The fourth-order valence-corrected chi connectivity index (χ4v) is 1.55. The number of ether oxygens (including phenoxy) is 1. The number of hydrogen-bond acceptors (Lipinski definition) is 3. The lowest BCUT2D eigenvalue weighted by Gasteiger charge is -1.99. The summed E-state index contributed by atoms with van der Waals surface area (Å²) in [4.78, 5) is 11.0. The van der Waals surface area contributed by atoms with Crippen molar-refractivity contribution in [1.29, 1.82) is 0 Å². The van der Waals surface area contributed by atoms with Gasteiger partial charge in [0, 0.05) is 11.8 Å². The molecular formula is C11H12N2O2. The molecule has 0 radical (unpaired) electrons. The molecule has 4 nitrogen and oxygen atoms in total. The highest BCUT2D eigenvalue weighted by atomic mass is 16.5. The van der Waals surface area contributed by atoms with Crippen LogP contribution in [0, 0.1) is 0 Å². The summed E-state index contributed by atoms with van der Waals surface area (Å²) in [6, 6.07) is 5.60. The summed E-state index contributed by atoms with van der Waals surface area (Å²) >= 11 is 0. The quantitative estimate of drug-likeness (QED) is 0.827. The number of carbonyl (C=O) groups excluding carboxylic acids is 1. The Bertz CT molecular complexity index is 502. The van der Waals surface area contributed by atoms with E-state index in [9.17, 15) is 4.79 Å². The van der Waals surface area contributed by atoms with Crippen LogP contribution >= 0.6 is 0 Å². The van der Waals surface area contributed by atoms with Gasteiger partial charge in [0.1, 0.15) is 11.5 Å². The highest BCUT2D eigenvalue weighted by molar-refractivity contribution is 5.88. The number of carbonyl (C=O) groups is 1. The number of H-pyrrole nitrogens is 1. The molecule has 0 amide bonds. The summed E-state index contributed by atoms with van der Waals surface area (Å²) in [5, 5.41) is 7.93. The Kier molecular flexibility index (Phi) is 2.41. The summed E-state index contributed by atoms with van der Waals surface area (Å²) in [6.45, 7) is 1.56. The first kappa shape index (κ1) is 9.71. The predicted octanol–water partition coefficient (Wildman–Crippen LogP) is 1.70. The molecule has 1 heterocycles. The van der Waals surface area contributed by atoms with Crippen LogP contribution in [-0.2, 0) is 11.2 Å². The van der Waals surface area contributed by atoms with Gasteiger partial charge in [0.05, 0.1) is 18.3 Å². The summed E-state index contributed by atoms with van der Waals surface area (Å²) < 4.78 is 5.13. The maximum absolute atomic E-state index is 11.0. The second kappa shape index (κ2) is 3.73. The topological polar surface area (TPSA) is 55.0 Å². The van der Waals surface area contributed by atoms with Gasteiger partial charge in [-0.2, -0.15) is 5.10 Å². The second-order valence-electron chi connectivity index (χ2n) is 3.46. The van der Waals surface area contributed by atoms with E-state index in [1.54, 1.807) is 14.0 Å². The molecule has 0 saturated carbocycles. The number of nitrogens with one attached hydrogen (secondary N) is 1. The minimum atomic E-state index is 0.114. The fourth-order valence-electron chi connectivity index (χ4n) is 1.55. The van der Waals surface area contributed by atoms with E-state index in [0.717, 1.165) is 22.3 Å². The Morgan fingerprint density at radius 3 is 3.00 bits per heavy atom. The maximum Gasteiger partial charge on any atom is 0.135 e. The fraction of sp³-hybridized carbons (Fsp3) is 0.273. The first-order valence-electron chi connectivity index (χ1n) is 4.71. The van der Waals surface area contributed by atoms with Crippen molar-refractivity contribution in [2.45, 2.75) is 13.3 Å². The molecule has 1 N–H and O–H groups in total. The van der Waals surface area contributed by atoms with Crippen LogP contribution in [0.2, 0.25) is 0 Å². The first-order valence-corrected chi connectivity index (χ1v) is 4.71. The van der Waals surface area contributed by atoms with E-state index in [0.29, 0.717) is 6.42 Å². The molecule has 0 unspecified atom stereocenters. The molecule has 78 valence electrons. The van der Waals surface area contributed by atoms with E-state index in [-0.39, 0.29) is 5.78 Å². The minimum Gasteiger partial charge on any atom is -0.497 e. The number of ketones is 1. The van der Waals surface area contributed by atoms with Crippen molar-refractivity contribution in [2.24, 2.45) is 0 Å². The highest BCUT2D eigenvalue weighted by Crippen LogP contribution is 2.22. The molecule has 0 aliphatic carbocycles.